The Morgan fingerprint density at radius 3 is 2.60 bits per heavy atom. The van der Waals surface area contributed by atoms with Gasteiger partial charge in [-0.1, -0.05) is 25.4 Å². The summed E-state index contributed by atoms with van der Waals surface area (Å²) in [7, 11) is 1.58. The Labute approximate surface area is 151 Å². The van der Waals surface area contributed by atoms with Crippen LogP contribution in [0.4, 0.5) is 0 Å². The van der Waals surface area contributed by atoms with Gasteiger partial charge >= 0.3 is 0 Å². The summed E-state index contributed by atoms with van der Waals surface area (Å²) in [5.41, 5.74) is 3.30. The van der Waals surface area contributed by atoms with Crippen molar-refractivity contribution in [2.45, 2.75) is 40.2 Å². The molecule has 1 aromatic carbocycles. The molecule has 0 amide bonds. The van der Waals surface area contributed by atoms with E-state index in [0.717, 1.165) is 16.8 Å². The van der Waals surface area contributed by atoms with Gasteiger partial charge in [0.1, 0.15) is 11.3 Å². The molecule has 132 valence electrons. The fourth-order valence-electron chi connectivity index (χ4n) is 3.15. The zero-order valence-electron chi connectivity index (χ0n) is 15.1. The zero-order valence-corrected chi connectivity index (χ0v) is 15.9. The second kappa shape index (κ2) is 6.56. The van der Waals surface area contributed by atoms with Crippen LogP contribution in [0.3, 0.4) is 0 Å². The number of nitrogens with zero attached hydrogens (tertiary/aromatic N) is 3. The summed E-state index contributed by atoms with van der Waals surface area (Å²) in [4.78, 5) is 13.2. The molecular formula is C19H22ClN3O2. The molecule has 3 aromatic rings. The third-order valence-corrected chi connectivity index (χ3v) is 4.66. The second-order valence-corrected chi connectivity index (χ2v) is 6.81. The molecule has 2 aromatic heterocycles. The summed E-state index contributed by atoms with van der Waals surface area (Å²) >= 11 is 6.07. The van der Waals surface area contributed by atoms with E-state index >= 15 is 0 Å². The van der Waals surface area contributed by atoms with Crippen LogP contribution in [-0.2, 0) is 6.54 Å². The number of aryl methyl sites for hydroxylation is 1. The van der Waals surface area contributed by atoms with Crippen molar-refractivity contribution in [3.63, 3.8) is 0 Å². The van der Waals surface area contributed by atoms with Crippen molar-refractivity contribution in [2.75, 3.05) is 7.11 Å². The Hall–Kier alpha value is -2.27. The van der Waals surface area contributed by atoms with E-state index in [4.69, 9.17) is 21.4 Å². The molecule has 0 aliphatic carbocycles. The molecule has 0 unspecified atom stereocenters. The molecule has 5 nitrogen and oxygen atoms in total. The Balaban J connectivity index is 2.42. The number of rotatable bonds is 4. The van der Waals surface area contributed by atoms with E-state index in [2.05, 4.69) is 13.8 Å². The predicted octanol–water partition coefficient (Wildman–Crippen LogP) is 4.28. The number of aromatic nitrogens is 3. The van der Waals surface area contributed by atoms with Crippen molar-refractivity contribution >= 4 is 17.1 Å². The summed E-state index contributed by atoms with van der Waals surface area (Å²) in [5.74, 6) is 1.41. The average Bonchev–Trinajstić information content (AvgIpc) is 2.92. The van der Waals surface area contributed by atoms with E-state index in [1.54, 1.807) is 28.3 Å². The standard InChI is InChI=1S/C19H22ClN3O2/c1-6-22-18(14-8-7-13(20)10-16(14)25-5)21-23-12(4)9-15(11(2)3)17(23)19(22)24/h7-11H,6H2,1-5H3. The van der Waals surface area contributed by atoms with Gasteiger partial charge in [0, 0.05) is 17.3 Å². The van der Waals surface area contributed by atoms with Gasteiger partial charge in [0.25, 0.3) is 5.56 Å². The highest BCUT2D eigenvalue weighted by Gasteiger charge is 2.20. The normalized spacial score (nSPS) is 11.5. The van der Waals surface area contributed by atoms with Crippen molar-refractivity contribution in [1.82, 2.24) is 14.2 Å². The van der Waals surface area contributed by atoms with Gasteiger partial charge in [-0.15, -0.1) is 5.10 Å². The number of fused-ring (bicyclic) bond motifs is 1. The van der Waals surface area contributed by atoms with Crippen molar-refractivity contribution in [2.24, 2.45) is 0 Å². The molecule has 0 N–H and O–H groups in total. The minimum absolute atomic E-state index is 0.0405. The first-order chi connectivity index (χ1) is 11.9. The summed E-state index contributed by atoms with van der Waals surface area (Å²) in [6.07, 6.45) is 0. The van der Waals surface area contributed by atoms with Gasteiger partial charge in [-0.25, -0.2) is 4.52 Å². The largest absolute Gasteiger partial charge is 0.496 e. The maximum Gasteiger partial charge on any atom is 0.278 e. The number of hydrogen-bond acceptors (Lipinski definition) is 3. The Morgan fingerprint density at radius 1 is 1.28 bits per heavy atom. The maximum absolute atomic E-state index is 13.2. The van der Waals surface area contributed by atoms with Crippen LogP contribution in [0.25, 0.3) is 16.9 Å². The van der Waals surface area contributed by atoms with Crippen LogP contribution in [0.2, 0.25) is 5.02 Å². The SMILES string of the molecule is CCn1c(-c2ccc(Cl)cc2OC)nn2c(C)cc(C(C)C)c2c1=O. The summed E-state index contributed by atoms with van der Waals surface area (Å²) in [6, 6.07) is 7.38. The van der Waals surface area contributed by atoms with Gasteiger partial charge in [-0.05, 0) is 49.6 Å². The lowest BCUT2D eigenvalue weighted by Gasteiger charge is -2.15. The van der Waals surface area contributed by atoms with Crippen LogP contribution >= 0.6 is 11.6 Å². The Morgan fingerprint density at radius 2 is 2.00 bits per heavy atom. The molecule has 2 heterocycles. The highest BCUT2D eigenvalue weighted by Crippen LogP contribution is 2.31. The molecule has 0 bridgehead atoms. The van der Waals surface area contributed by atoms with Crippen LogP contribution in [0, 0.1) is 6.92 Å². The molecule has 0 spiro atoms. The summed E-state index contributed by atoms with van der Waals surface area (Å²) in [5, 5.41) is 5.35. The van der Waals surface area contributed by atoms with E-state index in [0.29, 0.717) is 28.7 Å². The van der Waals surface area contributed by atoms with Crippen LogP contribution in [0.15, 0.2) is 29.1 Å². The minimum atomic E-state index is -0.0405. The number of benzene rings is 1. The first-order valence-corrected chi connectivity index (χ1v) is 8.73. The van der Waals surface area contributed by atoms with E-state index < -0.39 is 0 Å². The molecule has 6 heteroatoms. The molecular weight excluding hydrogens is 338 g/mol. The fraction of sp³-hybridized carbons (Fsp3) is 0.368. The molecule has 0 fully saturated rings. The predicted molar refractivity (Wildman–Crippen MR) is 101 cm³/mol. The second-order valence-electron chi connectivity index (χ2n) is 6.37. The zero-order chi connectivity index (χ0) is 18.3. The van der Waals surface area contributed by atoms with Crippen molar-refractivity contribution in [1.29, 1.82) is 0 Å². The topological polar surface area (TPSA) is 48.5 Å². The monoisotopic (exact) mass is 359 g/mol. The number of methoxy groups -OCH3 is 1. The van der Waals surface area contributed by atoms with Crippen molar-refractivity contribution < 1.29 is 4.74 Å². The van der Waals surface area contributed by atoms with Gasteiger partial charge in [0.15, 0.2) is 5.82 Å². The Kier molecular flexibility index (Phi) is 4.60. The quantitative estimate of drug-likeness (QED) is 0.698. The molecule has 25 heavy (non-hydrogen) atoms. The molecule has 0 aliphatic rings. The highest BCUT2D eigenvalue weighted by molar-refractivity contribution is 6.30. The van der Waals surface area contributed by atoms with E-state index in [-0.39, 0.29) is 11.5 Å². The molecule has 0 radical (unpaired) electrons. The molecule has 3 rings (SSSR count). The lowest BCUT2D eigenvalue weighted by atomic mass is 10.1. The van der Waals surface area contributed by atoms with Crippen molar-refractivity contribution in [3.8, 4) is 17.1 Å². The number of ether oxygens (including phenoxy) is 1. The third kappa shape index (κ3) is 2.82. The van der Waals surface area contributed by atoms with Crippen LogP contribution < -0.4 is 10.3 Å². The number of halogens is 1. The molecule has 0 atom stereocenters. The van der Waals surface area contributed by atoms with Crippen molar-refractivity contribution in [3.05, 3.63) is 50.9 Å². The van der Waals surface area contributed by atoms with E-state index in [1.165, 1.54) is 0 Å². The van der Waals surface area contributed by atoms with Gasteiger partial charge in [-0.3, -0.25) is 9.36 Å². The lowest BCUT2D eigenvalue weighted by Crippen LogP contribution is -2.26. The first-order valence-electron chi connectivity index (χ1n) is 8.36. The highest BCUT2D eigenvalue weighted by atomic mass is 35.5. The van der Waals surface area contributed by atoms with E-state index in [1.807, 2.05) is 26.0 Å². The Bertz CT molecular complexity index is 1000. The van der Waals surface area contributed by atoms with Crippen LogP contribution in [0.1, 0.15) is 37.9 Å². The first kappa shape index (κ1) is 17.5. The summed E-state index contributed by atoms with van der Waals surface area (Å²) in [6.45, 7) is 8.59. The molecule has 0 aliphatic heterocycles. The van der Waals surface area contributed by atoms with Gasteiger partial charge in [0.2, 0.25) is 0 Å². The van der Waals surface area contributed by atoms with Gasteiger partial charge < -0.3 is 4.74 Å². The van der Waals surface area contributed by atoms with Crippen LogP contribution in [0.5, 0.6) is 5.75 Å². The molecule has 0 saturated heterocycles. The number of hydrogen-bond donors (Lipinski definition) is 0. The van der Waals surface area contributed by atoms with Crippen LogP contribution in [-0.4, -0.2) is 21.3 Å². The average molecular weight is 360 g/mol. The summed E-state index contributed by atoms with van der Waals surface area (Å²) < 4.78 is 8.89. The minimum Gasteiger partial charge on any atom is -0.496 e. The lowest BCUT2D eigenvalue weighted by molar-refractivity contribution is 0.415. The van der Waals surface area contributed by atoms with Gasteiger partial charge in [0.05, 0.1) is 12.7 Å². The third-order valence-electron chi connectivity index (χ3n) is 4.42. The van der Waals surface area contributed by atoms with E-state index in [9.17, 15) is 4.79 Å². The fourth-order valence-corrected chi connectivity index (χ4v) is 3.31. The van der Waals surface area contributed by atoms with Gasteiger partial charge in [-0.2, -0.15) is 0 Å². The maximum atomic E-state index is 13.2. The molecule has 0 saturated carbocycles. The smallest absolute Gasteiger partial charge is 0.278 e.